The number of carboxylic acid groups (broad SMARTS) is 1. The minimum absolute atomic E-state index is 0. The summed E-state index contributed by atoms with van der Waals surface area (Å²) in [7, 11) is 0. The first kappa shape index (κ1) is 17.4. The Hall–Kier alpha value is -0.960. The number of nitrogens with zero attached hydrogens (tertiary/aromatic N) is 3. The number of hydrogen-bond acceptors (Lipinski definition) is 6. The molecule has 0 unspecified atom stereocenters. The van der Waals surface area contributed by atoms with Crippen molar-refractivity contribution in [3.8, 4) is 10.7 Å². The molecule has 1 N–H and O–H groups in total. The number of rotatable bonds is 4. The monoisotopic (exact) mass is 407 g/mol. The van der Waals surface area contributed by atoms with E-state index < -0.39 is 5.97 Å². The number of piperidine rings is 1. The van der Waals surface area contributed by atoms with Crippen molar-refractivity contribution in [2.75, 3.05) is 13.1 Å². The molecule has 1 fully saturated rings. The van der Waals surface area contributed by atoms with E-state index in [1.165, 1.54) is 0 Å². The van der Waals surface area contributed by atoms with Crippen LogP contribution in [0.2, 0.25) is 0 Å². The second-order valence-corrected chi connectivity index (χ2v) is 6.86. The SMILES string of the molecule is Cl.O=C(O)C1CCN(Cc2nc(-c3cc(Br)cs3)no2)CC1. The topological polar surface area (TPSA) is 79.5 Å². The van der Waals surface area contributed by atoms with Crippen LogP contribution in [-0.4, -0.2) is 39.2 Å². The fourth-order valence-corrected chi connectivity index (χ4v) is 3.73. The Morgan fingerprint density at radius 3 is 2.82 bits per heavy atom. The molecule has 2 aromatic heterocycles. The lowest BCUT2D eigenvalue weighted by Gasteiger charge is -2.28. The van der Waals surface area contributed by atoms with Crippen LogP contribution in [0.3, 0.4) is 0 Å². The molecular formula is C13H15BrClN3O3S. The van der Waals surface area contributed by atoms with Gasteiger partial charge in [-0.1, -0.05) is 5.16 Å². The summed E-state index contributed by atoms with van der Waals surface area (Å²) >= 11 is 4.96. The predicted octanol–water partition coefficient (Wildman–Crippen LogP) is 3.28. The maximum Gasteiger partial charge on any atom is 0.306 e. The van der Waals surface area contributed by atoms with E-state index in [4.69, 9.17) is 9.63 Å². The van der Waals surface area contributed by atoms with E-state index in [0.717, 1.165) is 22.4 Å². The Morgan fingerprint density at radius 2 is 2.23 bits per heavy atom. The van der Waals surface area contributed by atoms with E-state index in [1.807, 2.05) is 11.4 Å². The van der Waals surface area contributed by atoms with Crippen LogP contribution in [-0.2, 0) is 11.3 Å². The number of halogens is 2. The lowest BCUT2D eigenvalue weighted by Crippen LogP contribution is -2.35. The minimum atomic E-state index is -0.696. The molecular weight excluding hydrogens is 394 g/mol. The van der Waals surface area contributed by atoms with Crippen LogP contribution >= 0.6 is 39.7 Å². The summed E-state index contributed by atoms with van der Waals surface area (Å²) < 4.78 is 6.28. The number of likely N-dealkylation sites (tertiary alicyclic amines) is 1. The maximum absolute atomic E-state index is 10.9. The molecule has 3 rings (SSSR count). The molecule has 6 nitrogen and oxygen atoms in total. The third kappa shape index (κ3) is 4.07. The van der Waals surface area contributed by atoms with Crippen LogP contribution in [0.4, 0.5) is 0 Å². The standard InChI is InChI=1S/C13H14BrN3O3S.ClH/c14-9-5-10(21-7-9)12-15-11(20-16-12)6-17-3-1-8(2-4-17)13(18)19;/h5,7-8H,1-4,6H2,(H,18,19);1H. The molecule has 0 aromatic carbocycles. The molecule has 1 aliphatic heterocycles. The van der Waals surface area contributed by atoms with Crippen LogP contribution in [0.25, 0.3) is 10.7 Å². The first-order chi connectivity index (χ1) is 10.1. The van der Waals surface area contributed by atoms with Gasteiger partial charge in [-0.25, -0.2) is 0 Å². The normalized spacial score (nSPS) is 16.4. The first-order valence-corrected chi connectivity index (χ1v) is 8.31. The van der Waals surface area contributed by atoms with Crippen molar-refractivity contribution >= 4 is 45.6 Å². The molecule has 3 heterocycles. The average Bonchev–Trinajstić information content (AvgIpc) is 3.08. The van der Waals surface area contributed by atoms with E-state index >= 15 is 0 Å². The molecule has 22 heavy (non-hydrogen) atoms. The molecule has 0 radical (unpaired) electrons. The van der Waals surface area contributed by atoms with Crippen LogP contribution in [0, 0.1) is 5.92 Å². The molecule has 0 bridgehead atoms. The van der Waals surface area contributed by atoms with Gasteiger partial charge in [-0.2, -0.15) is 4.98 Å². The van der Waals surface area contributed by atoms with E-state index in [0.29, 0.717) is 31.1 Å². The van der Waals surface area contributed by atoms with Gasteiger partial charge in [-0.3, -0.25) is 9.69 Å². The zero-order valence-corrected chi connectivity index (χ0v) is 14.8. The van der Waals surface area contributed by atoms with Gasteiger partial charge in [0.15, 0.2) is 0 Å². The summed E-state index contributed by atoms with van der Waals surface area (Å²) in [6.07, 6.45) is 1.35. The van der Waals surface area contributed by atoms with Crippen molar-refractivity contribution < 1.29 is 14.4 Å². The number of hydrogen-bond donors (Lipinski definition) is 1. The second kappa shape index (κ2) is 7.54. The highest BCUT2D eigenvalue weighted by atomic mass is 79.9. The first-order valence-electron chi connectivity index (χ1n) is 6.64. The second-order valence-electron chi connectivity index (χ2n) is 5.03. The summed E-state index contributed by atoms with van der Waals surface area (Å²) in [4.78, 5) is 18.4. The number of thiophene rings is 1. The van der Waals surface area contributed by atoms with Gasteiger partial charge in [0.05, 0.1) is 17.3 Å². The minimum Gasteiger partial charge on any atom is -0.481 e. The van der Waals surface area contributed by atoms with Crippen molar-refractivity contribution in [1.29, 1.82) is 0 Å². The van der Waals surface area contributed by atoms with Gasteiger partial charge in [0.2, 0.25) is 11.7 Å². The number of aromatic nitrogens is 2. The Kier molecular flexibility index (Phi) is 5.96. The van der Waals surface area contributed by atoms with Crippen molar-refractivity contribution in [2.24, 2.45) is 5.92 Å². The third-order valence-electron chi connectivity index (χ3n) is 3.55. The van der Waals surface area contributed by atoms with Gasteiger partial charge >= 0.3 is 5.97 Å². The van der Waals surface area contributed by atoms with Crippen molar-refractivity contribution in [1.82, 2.24) is 15.0 Å². The van der Waals surface area contributed by atoms with Gasteiger partial charge < -0.3 is 9.63 Å². The Morgan fingerprint density at radius 1 is 1.50 bits per heavy atom. The summed E-state index contributed by atoms with van der Waals surface area (Å²) in [6.45, 7) is 2.07. The highest BCUT2D eigenvalue weighted by molar-refractivity contribution is 9.10. The zero-order chi connectivity index (χ0) is 14.8. The van der Waals surface area contributed by atoms with E-state index in [9.17, 15) is 4.79 Å². The van der Waals surface area contributed by atoms with Crippen LogP contribution < -0.4 is 0 Å². The molecule has 2 aromatic rings. The van der Waals surface area contributed by atoms with Gasteiger partial charge in [0.1, 0.15) is 0 Å². The van der Waals surface area contributed by atoms with Gasteiger partial charge in [0, 0.05) is 9.85 Å². The van der Waals surface area contributed by atoms with Crippen LogP contribution in [0.1, 0.15) is 18.7 Å². The van der Waals surface area contributed by atoms with E-state index in [-0.39, 0.29) is 18.3 Å². The number of carboxylic acids is 1. The Balaban J connectivity index is 0.00000176. The lowest BCUT2D eigenvalue weighted by atomic mass is 9.97. The van der Waals surface area contributed by atoms with Gasteiger partial charge in [0.25, 0.3) is 0 Å². The molecule has 0 spiro atoms. The molecule has 0 amide bonds. The van der Waals surface area contributed by atoms with Crippen molar-refractivity contribution in [3.63, 3.8) is 0 Å². The summed E-state index contributed by atoms with van der Waals surface area (Å²) in [5, 5.41) is 14.9. The van der Waals surface area contributed by atoms with Crippen molar-refractivity contribution in [2.45, 2.75) is 19.4 Å². The van der Waals surface area contributed by atoms with Crippen LogP contribution in [0.5, 0.6) is 0 Å². The smallest absolute Gasteiger partial charge is 0.306 e. The van der Waals surface area contributed by atoms with Crippen molar-refractivity contribution in [3.05, 3.63) is 21.8 Å². The average molecular weight is 409 g/mol. The summed E-state index contributed by atoms with van der Waals surface area (Å²) in [5.74, 6) is 0.255. The van der Waals surface area contributed by atoms with Crippen LogP contribution in [0.15, 0.2) is 20.4 Å². The highest BCUT2D eigenvalue weighted by Crippen LogP contribution is 2.28. The summed E-state index contributed by atoms with van der Waals surface area (Å²) in [5.41, 5.74) is 0. The maximum atomic E-state index is 10.9. The molecule has 9 heteroatoms. The molecule has 1 aliphatic rings. The largest absolute Gasteiger partial charge is 0.481 e. The fraction of sp³-hybridized carbons (Fsp3) is 0.462. The quantitative estimate of drug-likeness (QED) is 0.836. The molecule has 0 atom stereocenters. The number of aliphatic carboxylic acids is 1. The third-order valence-corrected chi connectivity index (χ3v) is 5.24. The van der Waals surface area contributed by atoms with Gasteiger partial charge in [-0.05, 0) is 47.9 Å². The van der Waals surface area contributed by atoms with Gasteiger partial charge in [-0.15, -0.1) is 23.7 Å². The predicted molar refractivity (Wildman–Crippen MR) is 88.2 cm³/mol. The Labute approximate surface area is 146 Å². The highest BCUT2D eigenvalue weighted by Gasteiger charge is 2.25. The zero-order valence-electron chi connectivity index (χ0n) is 11.6. The number of carbonyl (C=O) groups is 1. The van der Waals surface area contributed by atoms with E-state index in [2.05, 4.69) is 31.0 Å². The molecule has 0 saturated carbocycles. The lowest BCUT2D eigenvalue weighted by molar-refractivity contribution is -0.143. The fourth-order valence-electron chi connectivity index (χ4n) is 2.38. The summed E-state index contributed by atoms with van der Waals surface area (Å²) in [6, 6.07) is 1.96. The molecule has 120 valence electrons. The molecule has 1 saturated heterocycles. The Bertz CT molecular complexity index is 640. The molecule has 0 aliphatic carbocycles. The van der Waals surface area contributed by atoms with E-state index in [1.54, 1.807) is 11.3 Å².